The fourth-order valence-electron chi connectivity index (χ4n) is 3.47. The lowest BCUT2D eigenvalue weighted by Crippen LogP contribution is -2.47. The molecule has 0 radical (unpaired) electrons. The molecule has 0 fully saturated rings. The standard InChI is InChI=1S/C22H45NO5/c1-6-11-12-13-14-15-17-20(18-16-19-23-21(24)25-7-2)22(26-8-3,27-9-4)28-10-5/h20H,6-19H2,1-5H3,(H,23,24). The van der Waals surface area contributed by atoms with Crippen molar-refractivity contribution in [2.75, 3.05) is 33.0 Å². The van der Waals surface area contributed by atoms with Gasteiger partial charge < -0.3 is 24.3 Å². The largest absolute Gasteiger partial charge is 0.450 e. The molecule has 0 heterocycles. The van der Waals surface area contributed by atoms with Crippen LogP contribution in [-0.4, -0.2) is 45.0 Å². The molecule has 1 unspecified atom stereocenters. The van der Waals surface area contributed by atoms with Gasteiger partial charge in [0.15, 0.2) is 0 Å². The van der Waals surface area contributed by atoms with Crippen LogP contribution in [0.4, 0.5) is 4.79 Å². The molecule has 28 heavy (non-hydrogen) atoms. The summed E-state index contributed by atoms with van der Waals surface area (Å²) in [6.45, 7) is 12.5. The van der Waals surface area contributed by atoms with Crippen molar-refractivity contribution >= 4 is 6.09 Å². The monoisotopic (exact) mass is 403 g/mol. The third-order valence-electron chi connectivity index (χ3n) is 4.72. The van der Waals surface area contributed by atoms with Gasteiger partial charge in [-0.2, -0.15) is 0 Å². The maximum absolute atomic E-state index is 11.5. The van der Waals surface area contributed by atoms with Crippen molar-refractivity contribution in [3.63, 3.8) is 0 Å². The number of unbranched alkanes of at least 4 members (excludes halogenated alkanes) is 5. The summed E-state index contributed by atoms with van der Waals surface area (Å²) in [5.74, 6) is -0.867. The van der Waals surface area contributed by atoms with Gasteiger partial charge in [-0.15, -0.1) is 0 Å². The minimum absolute atomic E-state index is 0.127. The number of hydrogen-bond acceptors (Lipinski definition) is 5. The molecule has 168 valence electrons. The molecule has 1 amide bonds. The highest BCUT2D eigenvalue weighted by Gasteiger charge is 2.41. The Kier molecular flexibility index (Phi) is 17.6. The van der Waals surface area contributed by atoms with E-state index in [9.17, 15) is 4.79 Å². The molecule has 0 aliphatic rings. The zero-order chi connectivity index (χ0) is 21.1. The molecule has 6 heteroatoms. The number of nitrogens with one attached hydrogen (secondary N) is 1. The third kappa shape index (κ3) is 11.9. The highest BCUT2D eigenvalue weighted by atomic mass is 16.9. The van der Waals surface area contributed by atoms with E-state index in [2.05, 4.69) is 12.2 Å². The Bertz CT molecular complexity index is 348. The summed E-state index contributed by atoms with van der Waals surface area (Å²) < 4.78 is 23.0. The second kappa shape index (κ2) is 18.2. The van der Waals surface area contributed by atoms with E-state index >= 15 is 0 Å². The molecule has 0 aliphatic heterocycles. The van der Waals surface area contributed by atoms with Crippen molar-refractivity contribution in [1.29, 1.82) is 0 Å². The maximum Gasteiger partial charge on any atom is 0.407 e. The first-order chi connectivity index (χ1) is 13.6. The first-order valence-electron chi connectivity index (χ1n) is 11.4. The Morgan fingerprint density at radius 2 is 1.29 bits per heavy atom. The molecule has 0 aromatic carbocycles. The SMILES string of the molecule is CCCCCCCCC(CCCNC(=O)OCC)C(OCC)(OCC)OCC. The van der Waals surface area contributed by atoms with Gasteiger partial charge in [-0.1, -0.05) is 45.4 Å². The second-order valence-corrected chi connectivity index (χ2v) is 6.95. The lowest BCUT2D eigenvalue weighted by molar-refractivity contribution is -0.403. The van der Waals surface area contributed by atoms with Crippen LogP contribution in [0.25, 0.3) is 0 Å². The molecular formula is C22H45NO5. The minimum atomic E-state index is -0.994. The van der Waals surface area contributed by atoms with Crippen molar-refractivity contribution in [2.24, 2.45) is 5.92 Å². The molecule has 0 saturated heterocycles. The van der Waals surface area contributed by atoms with Crippen LogP contribution in [0.5, 0.6) is 0 Å². The van der Waals surface area contributed by atoms with Gasteiger partial charge in [-0.05, 0) is 47.0 Å². The van der Waals surface area contributed by atoms with E-state index in [4.69, 9.17) is 18.9 Å². The predicted molar refractivity (Wildman–Crippen MR) is 113 cm³/mol. The van der Waals surface area contributed by atoms with E-state index < -0.39 is 5.97 Å². The van der Waals surface area contributed by atoms with Crippen LogP contribution in [0, 0.1) is 5.92 Å². The second-order valence-electron chi connectivity index (χ2n) is 6.95. The molecule has 0 aromatic heterocycles. The minimum Gasteiger partial charge on any atom is -0.450 e. The third-order valence-corrected chi connectivity index (χ3v) is 4.72. The first kappa shape index (κ1) is 27.1. The molecule has 0 saturated carbocycles. The Morgan fingerprint density at radius 1 is 0.750 bits per heavy atom. The number of carbonyl (C=O) groups excluding carboxylic acids is 1. The van der Waals surface area contributed by atoms with Gasteiger partial charge in [0, 0.05) is 32.3 Å². The van der Waals surface area contributed by atoms with E-state index in [0.29, 0.717) is 33.0 Å². The maximum atomic E-state index is 11.5. The Hall–Kier alpha value is -0.850. The molecular weight excluding hydrogens is 358 g/mol. The van der Waals surface area contributed by atoms with Gasteiger partial charge in [-0.25, -0.2) is 4.79 Å². The summed E-state index contributed by atoms with van der Waals surface area (Å²) in [5.41, 5.74) is 0. The van der Waals surface area contributed by atoms with E-state index in [1.54, 1.807) is 6.92 Å². The van der Waals surface area contributed by atoms with Gasteiger partial charge in [0.25, 0.3) is 5.97 Å². The van der Waals surface area contributed by atoms with Crippen molar-refractivity contribution < 1.29 is 23.7 Å². The summed E-state index contributed by atoms with van der Waals surface area (Å²) in [7, 11) is 0. The van der Waals surface area contributed by atoms with Crippen molar-refractivity contribution in [2.45, 2.75) is 98.4 Å². The molecule has 1 N–H and O–H groups in total. The van der Waals surface area contributed by atoms with Crippen LogP contribution < -0.4 is 5.32 Å². The summed E-state index contributed by atoms with van der Waals surface area (Å²) in [4.78, 5) is 11.5. The van der Waals surface area contributed by atoms with Crippen molar-refractivity contribution in [1.82, 2.24) is 5.32 Å². The molecule has 0 bridgehead atoms. The summed E-state index contributed by atoms with van der Waals surface area (Å²) >= 11 is 0. The van der Waals surface area contributed by atoms with Gasteiger partial charge in [0.1, 0.15) is 0 Å². The molecule has 0 spiro atoms. The number of hydrogen-bond donors (Lipinski definition) is 1. The lowest BCUT2D eigenvalue weighted by Gasteiger charge is -2.39. The van der Waals surface area contributed by atoms with Crippen LogP contribution in [-0.2, 0) is 18.9 Å². The summed E-state index contributed by atoms with van der Waals surface area (Å²) in [6, 6.07) is 0. The number of rotatable bonds is 19. The van der Waals surface area contributed by atoms with Gasteiger partial charge in [0.05, 0.1) is 6.61 Å². The number of amides is 1. The first-order valence-corrected chi connectivity index (χ1v) is 11.4. The molecule has 0 rings (SSSR count). The van der Waals surface area contributed by atoms with Crippen LogP contribution in [0.15, 0.2) is 0 Å². The highest BCUT2D eigenvalue weighted by molar-refractivity contribution is 5.66. The van der Waals surface area contributed by atoms with Gasteiger partial charge in [-0.3, -0.25) is 0 Å². The zero-order valence-electron chi connectivity index (χ0n) is 19.0. The molecule has 6 nitrogen and oxygen atoms in total. The van der Waals surface area contributed by atoms with Crippen molar-refractivity contribution in [3.05, 3.63) is 0 Å². The Balaban J connectivity index is 4.82. The van der Waals surface area contributed by atoms with E-state index in [1.165, 1.54) is 32.1 Å². The van der Waals surface area contributed by atoms with Gasteiger partial charge >= 0.3 is 6.09 Å². The number of carbonyl (C=O) groups is 1. The topological polar surface area (TPSA) is 66.0 Å². The van der Waals surface area contributed by atoms with Crippen LogP contribution in [0.2, 0.25) is 0 Å². The molecule has 1 atom stereocenters. The average Bonchev–Trinajstić information content (AvgIpc) is 2.66. The van der Waals surface area contributed by atoms with Crippen LogP contribution in [0.1, 0.15) is 92.4 Å². The number of alkyl carbamates (subject to hydrolysis) is 1. The molecule has 0 aliphatic carbocycles. The van der Waals surface area contributed by atoms with Crippen LogP contribution in [0.3, 0.4) is 0 Å². The molecule has 0 aromatic rings. The lowest BCUT2D eigenvalue weighted by atomic mass is 9.92. The summed E-state index contributed by atoms with van der Waals surface area (Å²) in [6.07, 6.45) is 9.82. The van der Waals surface area contributed by atoms with E-state index in [0.717, 1.165) is 25.7 Å². The van der Waals surface area contributed by atoms with Gasteiger partial charge in [0.2, 0.25) is 0 Å². The highest BCUT2D eigenvalue weighted by Crippen LogP contribution is 2.34. The fourth-order valence-corrected chi connectivity index (χ4v) is 3.47. The fraction of sp³-hybridized carbons (Fsp3) is 0.955. The van der Waals surface area contributed by atoms with Crippen molar-refractivity contribution in [3.8, 4) is 0 Å². The smallest absolute Gasteiger partial charge is 0.407 e. The zero-order valence-corrected chi connectivity index (χ0v) is 19.0. The average molecular weight is 404 g/mol. The normalized spacial score (nSPS) is 12.8. The van der Waals surface area contributed by atoms with Crippen LogP contribution >= 0.6 is 0 Å². The predicted octanol–water partition coefficient (Wildman–Crippen LogP) is 5.64. The summed E-state index contributed by atoms with van der Waals surface area (Å²) in [5, 5.41) is 2.79. The number of ether oxygens (including phenoxy) is 4. The van der Waals surface area contributed by atoms with E-state index in [1.807, 2.05) is 20.8 Å². The Morgan fingerprint density at radius 3 is 1.82 bits per heavy atom. The quantitative estimate of drug-likeness (QED) is 0.223. The van der Waals surface area contributed by atoms with E-state index in [-0.39, 0.29) is 12.0 Å². The Labute approximate surface area is 173 Å².